The highest BCUT2D eigenvalue weighted by molar-refractivity contribution is 4.91. The van der Waals surface area contributed by atoms with Gasteiger partial charge in [-0.25, -0.2) is 0 Å². The third-order valence-corrected chi connectivity index (χ3v) is 4.91. The molecule has 0 radical (unpaired) electrons. The number of aliphatic hydroxyl groups is 1. The number of nitrogens with one attached hydrogen (secondary N) is 1. The lowest BCUT2D eigenvalue weighted by atomic mass is 9.69. The molecule has 0 saturated heterocycles. The third kappa shape index (κ3) is 4.73. The van der Waals surface area contributed by atoms with Crippen LogP contribution in [0.1, 0.15) is 53.9 Å². The minimum absolute atomic E-state index is 0.127. The Labute approximate surface area is 119 Å². The molecular formula is C16H34N2O. The van der Waals surface area contributed by atoms with Crippen LogP contribution in [-0.2, 0) is 0 Å². The summed E-state index contributed by atoms with van der Waals surface area (Å²) in [7, 11) is 2.14. The van der Waals surface area contributed by atoms with Crippen molar-refractivity contribution in [2.75, 3.05) is 26.7 Å². The zero-order chi connectivity index (χ0) is 14.7. The molecule has 3 heteroatoms. The van der Waals surface area contributed by atoms with Crippen LogP contribution in [0.3, 0.4) is 0 Å². The minimum atomic E-state index is -0.127. The molecule has 3 nitrogen and oxygen atoms in total. The third-order valence-electron chi connectivity index (χ3n) is 4.91. The summed E-state index contributed by atoms with van der Waals surface area (Å²) >= 11 is 0. The van der Waals surface area contributed by atoms with Gasteiger partial charge in [-0.15, -0.1) is 0 Å². The number of likely N-dealkylation sites (N-methyl/N-ethyl adjacent to an activating group) is 1. The van der Waals surface area contributed by atoms with Crippen LogP contribution in [0.15, 0.2) is 0 Å². The number of hydrogen-bond donors (Lipinski definition) is 2. The van der Waals surface area contributed by atoms with Crippen LogP contribution < -0.4 is 5.32 Å². The van der Waals surface area contributed by atoms with E-state index in [1.807, 2.05) is 0 Å². The molecule has 0 amide bonds. The molecule has 2 N–H and O–H groups in total. The molecule has 19 heavy (non-hydrogen) atoms. The fraction of sp³-hybridized carbons (Fsp3) is 1.00. The summed E-state index contributed by atoms with van der Waals surface area (Å²) in [4.78, 5) is 2.32. The van der Waals surface area contributed by atoms with E-state index in [-0.39, 0.29) is 12.1 Å². The topological polar surface area (TPSA) is 35.5 Å². The van der Waals surface area contributed by atoms with Crippen LogP contribution in [0.25, 0.3) is 0 Å². The predicted molar refractivity (Wildman–Crippen MR) is 82.4 cm³/mol. The smallest absolute Gasteiger partial charge is 0.0609 e. The average Bonchev–Trinajstić information content (AvgIpc) is 2.32. The molecule has 1 aliphatic rings. The molecule has 1 aliphatic carbocycles. The number of rotatable bonds is 6. The molecule has 2 atom stereocenters. The summed E-state index contributed by atoms with van der Waals surface area (Å²) < 4.78 is 0. The van der Waals surface area contributed by atoms with E-state index >= 15 is 0 Å². The lowest BCUT2D eigenvalue weighted by Gasteiger charge is -2.45. The van der Waals surface area contributed by atoms with Gasteiger partial charge in [-0.05, 0) is 58.0 Å². The summed E-state index contributed by atoms with van der Waals surface area (Å²) in [5.41, 5.74) is 0.332. The summed E-state index contributed by atoms with van der Waals surface area (Å²) in [6.07, 6.45) is 3.86. The van der Waals surface area contributed by atoms with Crippen molar-refractivity contribution in [3.63, 3.8) is 0 Å². The number of nitrogens with zero attached hydrogens (tertiary/aromatic N) is 1. The molecule has 0 aromatic carbocycles. The first kappa shape index (κ1) is 16.9. The Morgan fingerprint density at radius 2 is 2.00 bits per heavy atom. The largest absolute Gasteiger partial charge is 0.394 e. The summed E-state index contributed by atoms with van der Waals surface area (Å²) in [5, 5.41) is 13.2. The van der Waals surface area contributed by atoms with Crippen molar-refractivity contribution in [2.45, 2.75) is 65.5 Å². The van der Waals surface area contributed by atoms with Gasteiger partial charge >= 0.3 is 0 Å². The van der Waals surface area contributed by atoms with Gasteiger partial charge in [0.05, 0.1) is 6.61 Å². The van der Waals surface area contributed by atoms with Gasteiger partial charge in [-0.2, -0.15) is 0 Å². The molecular weight excluding hydrogens is 236 g/mol. The highest BCUT2D eigenvalue weighted by Gasteiger charge is 2.36. The van der Waals surface area contributed by atoms with Gasteiger partial charge in [-0.1, -0.05) is 20.8 Å². The van der Waals surface area contributed by atoms with Crippen molar-refractivity contribution < 1.29 is 5.11 Å². The maximum atomic E-state index is 9.51. The van der Waals surface area contributed by atoms with E-state index in [9.17, 15) is 5.11 Å². The SMILES string of the molecule is CCNC1CCC(C)(C)CC1CN(C)C(C)(C)CO. The van der Waals surface area contributed by atoms with E-state index < -0.39 is 0 Å². The molecule has 1 fully saturated rings. The van der Waals surface area contributed by atoms with E-state index in [0.29, 0.717) is 17.4 Å². The molecule has 0 bridgehead atoms. The Hall–Kier alpha value is -0.120. The van der Waals surface area contributed by atoms with Crippen LogP contribution in [0.5, 0.6) is 0 Å². The van der Waals surface area contributed by atoms with Crippen LogP contribution >= 0.6 is 0 Å². The zero-order valence-electron chi connectivity index (χ0n) is 13.8. The van der Waals surface area contributed by atoms with Gasteiger partial charge in [0.1, 0.15) is 0 Å². The van der Waals surface area contributed by atoms with E-state index in [0.717, 1.165) is 13.1 Å². The van der Waals surface area contributed by atoms with Crippen molar-refractivity contribution in [2.24, 2.45) is 11.3 Å². The van der Waals surface area contributed by atoms with E-state index in [2.05, 4.69) is 51.9 Å². The summed E-state index contributed by atoms with van der Waals surface area (Å²) in [6, 6.07) is 0.634. The van der Waals surface area contributed by atoms with Crippen LogP contribution in [0.4, 0.5) is 0 Å². The first-order chi connectivity index (χ1) is 8.72. The van der Waals surface area contributed by atoms with Gasteiger partial charge in [0.15, 0.2) is 0 Å². The van der Waals surface area contributed by atoms with Gasteiger partial charge < -0.3 is 10.4 Å². The van der Waals surface area contributed by atoms with Crippen LogP contribution in [0, 0.1) is 11.3 Å². The monoisotopic (exact) mass is 270 g/mol. The zero-order valence-corrected chi connectivity index (χ0v) is 13.8. The first-order valence-electron chi connectivity index (χ1n) is 7.77. The Balaban J connectivity index is 2.69. The molecule has 2 unspecified atom stereocenters. The number of aliphatic hydroxyl groups excluding tert-OH is 1. The summed E-state index contributed by atoms with van der Waals surface area (Å²) in [6.45, 7) is 13.5. The predicted octanol–water partition coefficient (Wildman–Crippen LogP) is 2.49. The van der Waals surface area contributed by atoms with E-state index in [1.54, 1.807) is 0 Å². The van der Waals surface area contributed by atoms with Crippen LogP contribution in [-0.4, -0.2) is 48.3 Å². The second-order valence-electron chi connectivity index (χ2n) is 7.68. The van der Waals surface area contributed by atoms with Gasteiger partial charge in [-0.3, -0.25) is 4.90 Å². The standard InChI is InChI=1S/C16H34N2O/c1-7-17-14-8-9-15(2,3)10-13(14)11-18(6)16(4,5)12-19/h13-14,17,19H,7-12H2,1-6H3. The Bertz CT molecular complexity index is 276. The Kier molecular flexibility index (Phi) is 5.84. The average molecular weight is 270 g/mol. The Morgan fingerprint density at radius 1 is 1.37 bits per heavy atom. The molecule has 0 aliphatic heterocycles. The van der Waals surface area contributed by atoms with Crippen molar-refractivity contribution in [1.29, 1.82) is 0 Å². The lowest BCUT2D eigenvalue weighted by molar-refractivity contribution is 0.0375. The fourth-order valence-electron chi connectivity index (χ4n) is 3.18. The van der Waals surface area contributed by atoms with Crippen molar-refractivity contribution in [3.05, 3.63) is 0 Å². The molecule has 1 saturated carbocycles. The maximum absolute atomic E-state index is 9.51. The van der Waals surface area contributed by atoms with E-state index in [1.165, 1.54) is 19.3 Å². The molecule has 0 aromatic rings. The second-order valence-corrected chi connectivity index (χ2v) is 7.68. The van der Waals surface area contributed by atoms with Gasteiger partial charge in [0.2, 0.25) is 0 Å². The molecule has 0 heterocycles. The quantitative estimate of drug-likeness (QED) is 0.778. The van der Waals surface area contributed by atoms with Gasteiger partial charge in [0, 0.05) is 18.1 Å². The van der Waals surface area contributed by atoms with Gasteiger partial charge in [0.25, 0.3) is 0 Å². The minimum Gasteiger partial charge on any atom is -0.394 e. The second kappa shape index (κ2) is 6.55. The Morgan fingerprint density at radius 3 is 2.53 bits per heavy atom. The highest BCUT2D eigenvalue weighted by Crippen LogP contribution is 2.39. The van der Waals surface area contributed by atoms with Crippen molar-refractivity contribution >= 4 is 0 Å². The van der Waals surface area contributed by atoms with Crippen molar-refractivity contribution in [3.8, 4) is 0 Å². The van der Waals surface area contributed by atoms with Crippen LogP contribution in [0.2, 0.25) is 0 Å². The fourth-order valence-corrected chi connectivity index (χ4v) is 3.18. The molecule has 1 rings (SSSR count). The number of hydrogen-bond acceptors (Lipinski definition) is 3. The lowest BCUT2D eigenvalue weighted by Crippen LogP contribution is -2.52. The molecule has 0 spiro atoms. The summed E-state index contributed by atoms with van der Waals surface area (Å²) in [5.74, 6) is 0.680. The first-order valence-corrected chi connectivity index (χ1v) is 7.77. The van der Waals surface area contributed by atoms with E-state index in [4.69, 9.17) is 0 Å². The molecule has 114 valence electrons. The van der Waals surface area contributed by atoms with Crippen molar-refractivity contribution in [1.82, 2.24) is 10.2 Å². The normalized spacial score (nSPS) is 27.8. The maximum Gasteiger partial charge on any atom is 0.0609 e. The molecule has 0 aromatic heterocycles. The highest BCUT2D eigenvalue weighted by atomic mass is 16.3.